The zero-order chi connectivity index (χ0) is 39.6. The molecule has 7 heterocycles. The number of amides is 5. The first-order valence-corrected chi connectivity index (χ1v) is 20.3. The van der Waals surface area contributed by atoms with Crippen LogP contribution in [0.5, 0.6) is 0 Å². The van der Waals surface area contributed by atoms with Crippen LogP contribution in [-0.2, 0) is 9.59 Å². The summed E-state index contributed by atoms with van der Waals surface area (Å²) in [5.41, 5.74) is 3.55. The van der Waals surface area contributed by atoms with Crippen LogP contribution in [0.15, 0.2) is 48.5 Å². The lowest BCUT2D eigenvalue weighted by molar-refractivity contribution is -0.136. The lowest BCUT2D eigenvalue weighted by atomic mass is 9.77. The first kappa shape index (κ1) is 37.1. The van der Waals surface area contributed by atoms with Crippen molar-refractivity contribution in [2.24, 2.45) is 17.3 Å². The van der Waals surface area contributed by atoms with Gasteiger partial charge >= 0.3 is 0 Å². The van der Waals surface area contributed by atoms with Crippen LogP contribution in [0.1, 0.15) is 83.1 Å². The zero-order valence-electron chi connectivity index (χ0n) is 31.8. The van der Waals surface area contributed by atoms with Crippen molar-refractivity contribution >= 4 is 64.0 Å². The van der Waals surface area contributed by atoms with Gasteiger partial charge in [-0.1, -0.05) is 17.7 Å². The molecule has 14 nitrogen and oxygen atoms in total. The van der Waals surface area contributed by atoms with Gasteiger partial charge in [-0.3, -0.25) is 34.2 Å². The van der Waals surface area contributed by atoms with Crippen molar-refractivity contribution < 1.29 is 24.0 Å². The molecule has 0 radical (unpaired) electrons. The summed E-state index contributed by atoms with van der Waals surface area (Å²) in [6, 6.07) is 14.1. The zero-order valence-corrected chi connectivity index (χ0v) is 32.6. The Kier molecular flexibility index (Phi) is 9.38. The number of piperidine rings is 3. The van der Waals surface area contributed by atoms with Crippen molar-refractivity contribution in [2.45, 2.75) is 64.0 Å². The third-order valence-electron chi connectivity index (χ3n) is 13.4. The molecule has 6 aliphatic rings. The van der Waals surface area contributed by atoms with Crippen molar-refractivity contribution in [3.05, 3.63) is 81.8 Å². The Labute approximate surface area is 335 Å². The number of nitrogens with zero attached hydrogens (tertiary/aromatic N) is 8. The Balaban J connectivity index is 0.741. The molecule has 9 rings (SSSR count). The standard InChI is InChI=1S/C42H44ClN9O5/c1-25-21-42(24-51(25)29-4-6-33(44-2)32(43)20-29)13-17-48(18-14-42)36-9-7-34(46-47-36)41(57)49-15-11-26(12-16-49)27-22-50(23-27)28-3-5-30-31(19-28)40(56)52(39(30)55)35-8-10-37(53)45-38(35)54/h3-7,9,19-20,25-27,35H,8,10-18,21-24H2,1H3,(H,45,53,54)/t25-,35?/m0/s1. The van der Waals surface area contributed by atoms with Gasteiger partial charge in [-0.2, -0.15) is 0 Å². The van der Waals surface area contributed by atoms with Gasteiger partial charge in [0.05, 0.1) is 17.7 Å². The molecule has 2 atom stereocenters. The second-order valence-corrected chi connectivity index (χ2v) is 17.1. The predicted molar refractivity (Wildman–Crippen MR) is 212 cm³/mol. The molecular formula is C42H44ClN9O5. The number of imide groups is 2. The highest BCUT2D eigenvalue weighted by Crippen LogP contribution is 2.46. The Morgan fingerprint density at radius 2 is 1.60 bits per heavy atom. The van der Waals surface area contributed by atoms with E-state index in [1.807, 2.05) is 35.2 Å². The number of hydrogen-bond donors (Lipinski definition) is 1. The minimum atomic E-state index is -0.983. The van der Waals surface area contributed by atoms with Crippen LogP contribution in [0.2, 0.25) is 5.02 Å². The van der Waals surface area contributed by atoms with E-state index in [4.69, 9.17) is 18.2 Å². The molecule has 2 aromatic carbocycles. The van der Waals surface area contributed by atoms with E-state index >= 15 is 0 Å². The van der Waals surface area contributed by atoms with Crippen LogP contribution in [0, 0.1) is 23.8 Å². The molecule has 5 saturated heterocycles. The normalized spacial score (nSPS) is 23.8. The molecule has 1 unspecified atom stereocenters. The fourth-order valence-electron chi connectivity index (χ4n) is 10.0. The highest BCUT2D eigenvalue weighted by molar-refractivity contribution is 6.33. The molecule has 6 aliphatic heterocycles. The number of nitrogens with one attached hydrogen (secondary N) is 1. The second-order valence-electron chi connectivity index (χ2n) is 16.7. The topological polar surface area (TPSA) is 144 Å². The molecule has 3 aromatic rings. The molecule has 0 aliphatic carbocycles. The number of anilines is 3. The van der Waals surface area contributed by atoms with E-state index in [1.165, 1.54) is 0 Å². The fourth-order valence-corrected chi connectivity index (χ4v) is 10.2. The van der Waals surface area contributed by atoms with Gasteiger partial charge in [-0.05, 0) is 105 Å². The van der Waals surface area contributed by atoms with E-state index in [2.05, 4.69) is 42.0 Å². The Hall–Kier alpha value is -5.55. The number of fused-ring (bicyclic) bond motifs is 1. The first-order chi connectivity index (χ1) is 27.5. The first-order valence-electron chi connectivity index (χ1n) is 19.9. The third kappa shape index (κ3) is 6.65. The van der Waals surface area contributed by atoms with Gasteiger partial charge in [0, 0.05) is 74.7 Å². The van der Waals surface area contributed by atoms with Gasteiger partial charge in [0.1, 0.15) is 6.04 Å². The number of likely N-dealkylation sites (tertiary alicyclic amines) is 1. The van der Waals surface area contributed by atoms with Gasteiger partial charge in [-0.25, -0.2) is 4.85 Å². The summed E-state index contributed by atoms with van der Waals surface area (Å²) >= 11 is 6.37. The van der Waals surface area contributed by atoms with Gasteiger partial charge in [0.15, 0.2) is 11.5 Å². The van der Waals surface area contributed by atoms with Crippen LogP contribution in [0.3, 0.4) is 0 Å². The molecule has 5 amide bonds. The second kappa shape index (κ2) is 14.4. The van der Waals surface area contributed by atoms with Crippen molar-refractivity contribution in [1.82, 2.24) is 25.3 Å². The monoisotopic (exact) mass is 789 g/mol. The number of benzene rings is 2. The summed E-state index contributed by atoms with van der Waals surface area (Å²) in [5, 5.41) is 11.6. The molecule has 15 heteroatoms. The Morgan fingerprint density at radius 1 is 0.860 bits per heavy atom. The molecule has 294 valence electrons. The SMILES string of the molecule is [C-]#[N+]c1ccc(N2CC3(CCN(c4ccc(C(=O)N5CCC(C6CN(c7ccc8c(c7)C(=O)N(C7CCC(=O)NC7=O)C8=O)C6)CC5)nn4)CC3)C[C@@H]2C)cc1Cl. The minimum Gasteiger partial charge on any atom is -0.371 e. The van der Waals surface area contributed by atoms with Crippen molar-refractivity contribution in [3.63, 3.8) is 0 Å². The van der Waals surface area contributed by atoms with Crippen molar-refractivity contribution in [3.8, 4) is 0 Å². The Bertz CT molecular complexity index is 2200. The van der Waals surface area contributed by atoms with E-state index < -0.39 is 29.7 Å². The lowest BCUT2D eigenvalue weighted by Gasteiger charge is -2.47. The quantitative estimate of drug-likeness (QED) is 0.269. The van der Waals surface area contributed by atoms with Gasteiger partial charge in [-0.15, -0.1) is 10.2 Å². The maximum absolute atomic E-state index is 13.5. The summed E-state index contributed by atoms with van der Waals surface area (Å²) in [4.78, 5) is 77.2. The molecule has 5 fully saturated rings. The number of carbonyl (C=O) groups excluding carboxylic acids is 5. The number of aromatic nitrogens is 2. The number of hydrogen-bond acceptors (Lipinski definition) is 10. The van der Waals surface area contributed by atoms with E-state index in [9.17, 15) is 24.0 Å². The van der Waals surface area contributed by atoms with Gasteiger partial charge in [0.25, 0.3) is 17.7 Å². The summed E-state index contributed by atoms with van der Waals surface area (Å²) in [6.07, 6.45) is 5.19. The minimum absolute atomic E-state index is 0.0835. The number of rotatable bonds is 6. The molecular weight excluding hydrogens is 746 g/mol. The molecule has 0 saturated carbocycles. The summed E-state index contributed by atoms with van der Waals surface area (Å²) < 4.78 is 0. The molecule has 0 bridgehead atoms. The van der Waals surface area contributed by atoms with Crippen LogP contribution < -0.4 is 20.0 Å². The van der Waals surface area contributed by atoms with Gasteiger partial charge in [0.2, 0.25) is 17.5 Å². The van der Waals surface area contributed by atoms with Crippen LogP contribution >= 0.6 is 11.6 Å². The van der Waals surface area contributed by atoms with Crippen LogP contribution in [0.25, 0.3) is 4.85 Å². The van der Waals surface area contributed by atoms with E-state index in [0.29, 0.717) is 47.4 Å². The number of halogens is 1. The smallest absolute Gasteiger partial charge is 0.274 e. The van der Waals surface area contributed by atoms with E-state index in [0.717, 1.165) is 86.9 Å². The highest BCUT2D eigenvalue weighted by atomic mass is 35.5. The highest BCUT2D eigenvalue weighted by Gasteiger charge is 2.46. The van der Waals surface area contributed by atoms with Gasteiger partial charge < -0.3 is 19.6 Å². The van der Waals surface area contributed by atoms with Crippen LogP contribution in [-0.4, -0.2) is 107 Å². The molecule has 57 heavy (non-hydrogen) atoms. The Morgan fingerprint density at radius 3 is 2.28 bits per heavy atom. The van der Waals surface area contributed by atoms with Crippen molar-refractivity contribution in [1.29, 1.82) is 0 Å². The van der Waals surface area contributed by atoms with E-state index in [1.54, 1.807) is 18.2 Å². The molecule has 1 aromatic heterocycles. The predicted octanol–water partition coefficient (Wildman–Crippen LogP) is 4.96. The fraction of sp³-hybridized carbons (Fsp3) is 0.476. The van der Waals surface area contributed by atoms with Crippen molar-refractivity contribution in [2.75, 3.05) is 60.5 Å². The maximum Gasteiger partial charge on any atom is 0.274 e. The third-order valence-corrected chi connectivity index (χ3v) is 13.7. The van der Waals surface area contributed by atoms with Crippen LogP contribution in [0.4, 0.5) is 22.9 Å². The largest absolute Gasteiger partial charge is 0.371 e. The average molecular weight is 790 g/mol. The summed E-state index contributed by atoms with van der Waals surface area (Å²) in [5.74, 6) is -0.380. The number of carbonyl (C=O) groups is 5. The lowest BCUT2D eigenvalue weighted by Crippen LogP contribution is -2.54. The summed E-state index contributed by atoms with van der Waals surface area (Å²) in [6.45, 7) is 15.2. The molecule has 1 spiro atoms. The van der Waals surface area contributed by atoms with E-state index in [-0.39, 0.29) is 35.3 Å². The summed E-state index contributed by atoms with van der Waals surface area (Å²) in [7, 11) is 0. The molecule has 1 N–H and O–H groups in total. The average Bonchev–Trinajstić information content (AvgIpc) is 3.65. The maximum atomic E-state index is 13.5.